The molecule has 5 radical (unpaired) electrons. The van der Waals surface area contributed by atoms with Crippen molar-refractivity contribution in [2.24, 2.45) is 9.98 Å². The van der Waals surface area contributed by atoms with Crippen molar-refractivity contribution in [3.63, 3.8) is 0 Å². The van der Waals surface area contributed by atoms with E-state index in [-0.39, 0.29) is 25.5 Å². The molecule has 0 bridgehead atoms. The summed E-state index contributed by atoms with van der Waals surface area (Å²) < 4.78 is 0. The van der Waals surface area contributed by atoms with Crippen LogP contribution >= 0.6 is 0 Å². The minimum atomic E-state index is -0.0575. The molecule has 0 saturated carbocycles. The Morgan fingerprint density at radius 2 is 0.744 bits per heavy atom. The average Bonchev–Trinajstić information content (AvgIpc) is 2.74. The molecule has 0 spiro atoms. The number of rotatable bonds is 4. The maximum absolute atomic E-state index is 13.0. The third-order valence-electron chi connectivity index (χ3n) is 5.23. The van der Waals surface area contributed by atoms with E-state index in [2.05, 4.69) is 89.6 Å². The molecule has 0 saturated heterocycles. The third-order valence-corrected chi connectivity index (χ3v) is 5.23. The van der Waals surface area contributed by atoms with E-state index in [1.807, 2.05) is 46.8 Å². The Balaban J connectivity index is 0.00000142. The van der Waals surface area contributed by atoms with Gasteiger partial charge in [0.2, 0.25) is 0 Å². The maximum atomic E-state index is 13.0. The first kappa shape index (κ1) is 36.4. The summed E-state index contributed by atoms with van der Waals surface area (Å²) in [5.41, 5.74) is 10.9. The molecule has 39 heavy (non-hydrogen) atoms. The van der Waals surface area contributed by atoms with E-state index in [0.29, 0.717) is 11.1 Å². The topological polar surface area (TPSA) is 47.8 Å². The second-order valence-electron chi connectivity index (χ2n) is 11.3. The van der Waals surface area contributed by atoms with Gasteiger partial charge in [-0.2, -0.15) is 0 Å². The third kappa shape index (κ3) is 12.9. The van der Waals surface area contributed by atoms with E-state index in [0.717, 1.165) is 39.2 Å². The number of hydrogen-bond acceptors (Lipinski definition) is 3. The van der Waals surface area contributed by atoms with Crippen molar-refractivity contribution in [2.45, 2.75) is 90.0 Å². The van der Waals surface area contributed by atoms with Gasteiger partial charge >= 0.3 is 0 Å². The first-order valence-corrected chi connectivity index (χ1v) is 13.2. The Kier molecular flexibility index (Phi) is 16.1. The SMILES string of the molecule is C[C](C)C.C[C](C)C.Cc1cc(C)c(N=Cc2cc(C)cc(C=Nc3c(C)cc(C)cc3C)c2[O-])c(C)c1.[Ga]. The van der Waals surface area contributed by atoms with Gasteiger partial charge in [0.05, 0.1) is 11.4 Å². The summed E-state index contributed by atoms with van der Waals surface area (Å²) in [4.78, 5) is 9.29. The molecule has 0 heterocycles. The predicted molar refractivity (Wildman–Crippen MR) is 173 cm³/mol. The molecule has 0 fully saturated rings. The molecule has 0 aromatic heterocycles. The Morgan fingerprint density at radius 1 is 0.513 bits per heavy atom. The first-order valence-electron chi connectivity index (χ1n) is 13.2. The van der Waals surface area contributed by atoms with Crippen molar-refractivity contribution < 1.29 is 5.11 Å². The molecule has 0 amide bonds. The molecule has 207 valence electrons. The molecule has 0 aliphatic carbocycles. The van der Waals surface area contributed by atoms with Crippen LogP contribution < -0.4 is 5.11 Å². The zero-order chi connectivity index (χ0) is 29.2. The van der Waals surface area contributed by atoms with Crippen LogP contribution in [0.1, 0.15) is 91.6 Å². The molecule has 3 aromatic carbocycles. The van der Waals surface area contributed by atoms with Gasteiger partial charge in [-0.25, -0.2) is 0 Å². The van der Waals surface area contributed by atoms with Gasteiger partial charge in [-0.05, 0) is 99.2 Å². The first-order chi connectivity index (χ1) is 17.6. The van der Waals surface area contributed by atoms with Crippen LogP contribution in [-0.2, 0) is 0 Å². The maximum Gasteiger partial charge on any atom is 0.0688 e. The molecule has 3 rings (SSSR count). The molecule has 0 N–H and O–H groups in total. The molecule has 3 aromatic rings. The van der Waals surface area contributed by atoms with Gasteiger partial charge in [-0.15, -0.1) is 0 Å². The Labute approximate surface area is 252 Å². The van der Waals surface area contributed by atoms with E-state index in [1.54, 1.807) is 12.4 Å². The molecule has 4 heteroatoms. The van der Waals surface area contributed by atoms with Gasteiger partial charge < -0.3 is 5.11 Å². The summed E-state index contributed by atoms with van der Waals surface area (Å²) in [5, 5.41) is 13.0. The van der Waals surface area contributed by atoms with Crippen molar-refractivity contribution in [1.82, 2.24) is 0 Å². The summed E-state index contributed by atoms with van der Waals surface area (Å²) in [5.74, 6) is 2.78. The van der Waals surface area contributed by atoms with Crippen molar-refractivity contribution in [3.8, 4) is 5.75 Å². The Bertz CT molecular complexity index is 1120. The normalized spacial score (nSPS) is 10.8. The second-order valence-corrected chi connectivity index (χ2v) is 11.3. The molecular formula is C35H47GaN2O-. The summed E-state index contributed by atoms with van der Waals surface area (Å²) in [6.45, 7) is 26.8. The van der Waals surface area contributed by atoms with Crippen LogP contribution in [0.15, 0.2) is 46.4 Å². The van der Waals surface area contributed by atoms with Crippen LogP contribution in [0.2, 0.25) is 0 Å². The zero-order valence-electron chi connectivity index (χ0n) is 26.5. The molecule has 0 atom stereocenters. The van der Waals surface area contributed by atoms with Crippen molar-refractivity contribution >= 4 is 43.6 Å². The number of benzene rings is 3. The van der Waals surface area contributed by atoms with Crippen LogP contribution in [0, 0.1) is 60.3 Å². The van der Waals surface area contributed by atoms with Crippen LogP contribution in [-0.4, -0.2) is 32.2 Å². The standard InChI is InChI=1S/C27H30N2O.2C4H9.Ga/c1-16-8-19(4)25(20(5)9-16)28-14-23-12-18(3)13-24(27(23)30)15-29-26-21(6)10-17(2)11-22(26)7;2*1-4(2)3;/h8-15,30H,1-7H3;2*1-3H3;/p-1. The monoisotopic (exact) mass is 580 g/mol. The minimum absolute atomic E-state index is 0. The summed E-state index contributed by atoms with van der Waals surface area (Å²) in [6.07, 6.45) is 3.36. The second kappa shape index (κ2) is 17.2. The van der Waals surface area contributed by atoms with Gasteiger partial charge in [0.25, 0.3) is 0 Å². The van der Waals surface area contributed by atoms with Crippen molar-refractivity contribution in [3.05, 3.63) is 98.3 Å². The Hall–Kier alpha value is -2.56. The van der Waals surface area contributed by atoms with Crippen LogP contribution in [0.5, 0.6) is 5.75 Å². The smallest absolute Gasteiger partial charge is 0.0688 e. The largest absolute Gasteiger partial charge is 0.872 e. The average molecular weight is 581 g/mol. The van der Waals surface area contributed by atoms with E-state index in [4.69, 9.17) is 0 Å². The summed E-state index contributed by atoms with van der Waals surface area (Å²) >= 11 is 0. The van der Waals surface area contributed by atoms with E-state index in [1.165, 1.54) is 23.0 Å². The fourth-order valence-corrected chi connectivity index (χ4v) is 4.04. The van der Waals surface area contributed by atoms with Crippen LogP contribution in [0.4, 0.5) is 11.4 Å². The molecular weight excluding hydrogens is 534 g/mol. The number of aliphatic imine (C=N–C) groups is 2. The minimum Gasteiger partial charge on any atom is -0.872 e. The van der Waals surface area contributed by atoms with E-state index >= 15 is 0 Å². The van der Waals surface area contributed by atoms with E-state index < -0.39 is 0 Å². The molecule has 0 aliphatic rings. The fraction of sp³-hybridized carbons (Fsp3) is 0.371. The van der Waals surface area contributed by atoms with Gasteiger partial charge in [-0.3, -0.25) is 9.98 Å². The van der Waals surface area contributed by atoms with Crippen molar-refractivity contribution in [1.29, 1.82) is 0 Å². The fourth-order valence-electron chi connectivity index (χ4n) is 4.04. The number of aryl methyl sites for hydroxylation is 7. The molecule has 3 nitrogen and oxygen atoms in total. The zero-order valence-corrected chi connectivity index (χ0v) is 28.9. The summed E-state index contributed by atoms with van der Waals surface area (Å²) in [7, 11) is 0. The van der Waals surface area contributed by atoms with Gasteiger partial charge in [0.1, 0.15) is 0 Å². The van der Waals surface area contributed by atoms with E-state index in [9.17, 15) is 5.11 Å². The van der Waals surface area contributed by atoms with Gasteiger partial charge in [-0.1, -0.05) is 94.8 Å². The number of nitrogens with zero attached hydrogens (tertiary/aromatic N) is 2. The quantitative estimate of drug-likeness (QED) is 0.224. The molecule has 0 aliphatic heterocycles. The number of hydrogen-bond donors (Lipinski definition) is 0. The van der Waals surface area contributed by atoms with Crippen LogP contribution in [0.25, 0.3) is 0 Å². The Morgan fingerprint density at radius 3 is 1.00 bits per heavy atom. The van der Waals surface area contributed by atoms with Gasteiger partial charge in [0.15, 0.2) is 0 Å². The van der Waals surface area contributed by atoms with Crippen molar-refractivity contribution in [2.75, 3.05) is 0 Å². The van der Waals surface area contributed by atoms with Gasteiger partial charge in [0, 0.05) is 32.2 Å². The summed E-state index contributed by atoms with van der Waals surface area (Å²) in [6, 6.07) is 12.2. The molecule has 0 unspecified atom stereocenters. The predicted octanol–water partition coefficient (Wildman–Crippen LogP) is 9.28. The van der Waals surface area contributed by atoms with Crippen LogP contribution in [0.3, 0.4) is 0 Å².